The van der Waals surface area contributed by atoms with Gasteiger partial charge in [-0.25, -0.2) is 9.68 Å². The number of methoxy groups -OCH3 is 2. The monoisotopic (exact) mass is 522 g/mol. The van der Waals surface area contributed by atoms with Gasteiger partial charge in [-0.15, -0.1) is 0 Å². The molecule has 0 saturated carbocycles. The van der Waals surface area contributed by atoms with Crippen LogP contribution < -0.4 is 19.9 Å². The van der Waals surface area contributed by atoms with E-state index in [1.165, 1.54) is 4.57 Å². The zero-order valence-corrected chi connectivity index (χ0v) is 21.6. The Kier molecular flexibility index (Phi) is 8.04. The first-order chi connectivity index (χ1) is 18.2. The lowest BCUT2D eigenvalue weighted by atomic mass is 10.0. The average Bonchev–Trinajstić information content (AvgIpc) is 3.15. The van der Waals surface area contributed by atoms with Crippen molar-refractivity contribution in [2.45, 2.75) is 33.0 Å². The van der Waals surface area contributed by atoms with Crippen LogP contribution >= 0.6 is 0 Å². The molecule has 1 atom stereocenters. The van der Waals surface area contributed by atoms with E-state index in [0.717, 1.165) is 16.7 Å². The summed E-state index contributed by atoms with van der Waals surface area (Å²) in [6.45, 7) is 3.50. The number of rotatable bonds is 11. The lowest BCUT2D eigenvalue weighted by molar-refractivity contribution is -0.255. The van der Waals surface area contributed by atoms with Gasteiger partial charge in [-0.1, -0.05) is 24.3 Å². The van der Waals surface area contributed by atoms with Gasteiger partial charge in [0.15, 0.2) is 6.10 Å². The van der Waals surface area contributed by atoms with E-state index < -0.39 is 24.3 Å². The van der Waals surface area contributed by atoms with Gasteiger partial charge < -0.3 is 19.3 Å². The highest BCUT2D eigenvalue weighted by atomic mass is 17.1. The van der Waals surface area contributed by atoms with Crippen molar-refractivity contribution >= 4 is 17.0 Å². The first-order valence-electron chi connectivity index (χ1n) is 11.9. The number of hydrogen-bond donors (Lipinski definition) is 2. The summed E-state index contributed by atoms with van der Waals surface area (Å²) in [6.07, 6.45) is -0.663. The number of ether oxygens (including phenoxy) is 3. The van der Waals surface area contributed by atoms with Crippen molar-refractivity contribution in [3.05, 3.63) is 87.3 Å². The number of fused-ring (bicyclic) bond motifs is 1. The van der Waals surface area contributed by atoms with Crippen LogP contribution in [-0.4, -0.2) is 46.3 Å². The molecule has 10 heteroatoms. The summed E-state index contributed by atoms with van der Waals surface area (Å²) >= 11 is 0. The van der Waals surface area contributed by atoms with E-state index >= 15 is 0 Å². The highest BCUT2D eigenvalue weighted by molar-refractivity contribution is 5.78. The normalized spacial score (nSPS) is 11.9. The minimum absolute atomic E-state index is 0.130. The van der Waals surface area contributed by atoms with Crippen LogP contribution in [0.5, 0.6) is 17.2 Å². The Morgan fingerprint density at radius 1 is 0.921 bits per heavy atom. The van der Waals surface area contributed by atoms with Crippen molar-refractivity contribution in [1.29, 1.82) is 0 Å². The van der Waals surface area contributed by atoms with E-state index in [9.17, 15) is 20.0 Å². The first kappa shape index (κ1) is 26.8. The summed E-state index contributed by atoms with van der Waals surface area (Å²) in [5.41, 5.74) is 4.01. The quantitative estimate of drug-likeness (QED) is 0.222. The molecule has 0 bridgehead atoms. The van der Waals surface area contributed by atoms with Crippen molar-refractivity contribution < 1.29 is 34.3 Å². The molecule has 1 aromatic heterocycles. The molecule has 0 aliphatic heterocycles. The summed E-state index contributed by atoms with van der Waals surface area (Å²) in [5.74, 6) is 0.667. The Bertz CT molecular complexity index is 1480. The molecule has 0 aliphatic carbocycles. The molecule has 0 aliphatic rings. The van der Waals surface area contributed by atoms with E-state index in [0.29, 0.717) is 33.8 Å². The second-order valence-electron chi connectivity index (χ2n) is 8.94. The standard InChI is InChI=1S/C28H30N2O8/c1-17-9-19(14-29-23-7-5-6-8-24(23)30(28(29)33)15-26(31)32)10-18(2)27(17)38-25(16-37-34)20-11-21(35-3)13-22(12-20)36-4/h5-13,25,34H,14-16H2,1-4H3,(H,31,32). The molecule has 1 unspecified atom stereocenters. The fraction of sp³-hybridized carbons (Fsp3) is 0.286. The molecular formula is C28H30N2O8. The highest BCUT2D eigenvalue weighted by Crippen LogP contribution is 2.33. The zero-order valence-electron chi connectivity index (χ0n) is 21.6. The van der Waals surface area contributed by atoms with Crippen molar-refractivity contribution in [1.82, 2.24) is 9.13 Å². The molecule has 4 rings (SSSR count). The van der Waals surface area contributed by atoms with Crippen LogP contribution in [0.15, 0.2) is 59.4 Å². The molecule has 0 amide bonds. The van der Waals surface area contributed by atoms with Crippen molar-refractivity contribution in [3.8, 4) is 17.2 Å². The molecule has 2 N–H and O–H groups in total. The lowest BCUT2D eigenvalue weighted by Gasteiger charge is -2.22. The fourth-order valence-corrected chi connectivity index (χ4v) is 4.64. The summed E-state index contributed by atoms with van der Waals surface area (Å²) in [7, 11) is 3.10. The molecule has 3 aromatic carbocycles. The Labute approximate surface area is 219 Å². The van der Waals surface area contributed by atoms with Crippen molar-refractivity contribution in [2.24, 2.45) is 0 Å². The minimum atomic E-state index is -1.08. The van der Waals surface area contributed by atoms with Gasteiger partial charge in [-0.2, -0.15) is 0 Å². The van der Waals surface area contributed by atoms with E-state index in [1.807, 2.05) is 32.0 Å². The summed E-state index contributed by atoms with van der Waals surface area (Å²) in [5, 5.41) is 18.5. The highest BCUT2D eigenvalue weighted by Gasteiger charge is 2.20. The van der Waals surface area contributed by atoms with Crippen LogP contribution in [0.3, 0.4) is 0 Å². The number of carboxylic acids is 1. The van der Waals surface area contributed by atoms with Crippen LogP contribution in [0, 0.1) is 13.8 Å². The predicted molar refractivity (Wildman–Crippen MR) is 140 cm³/mol. The maximum atomic E-state index is 13.1. The number of aryl methyl sites for hydroxylation is 2. The van der Waals surface area contributed by atoms with Crippen LogP contribution in [0.4, 0.5) is 0 Å². The second-order valence-corrected chi connectivity index (χ2v) is 8.94. The zero-order chi connectivity index (χ0) is 27.4. The fourth-order valence-electron chi connectivity index (χ4n) is 4.64. The number of carbonyl (C=O) groups is 1. The largest absolute Gasteiger partial charge is 0.497 e. The Hall–Kier alpha value is -4.28. The Morgan fingerprint density at radius 2 is 1.50 bits per heavy atom. The molecule has 0 spiro atoms. The van der Waals surface area contributed by atoms with Gasteiger partial charge in [0.25, 0.3) is 0 Å². The molecule has 0 fully saturated rings. The summed E-state index contributed by atoms with van der Waals surface area (Å²) in [6, 6.07) is 16.3. The number of para-hydroxylation sites is 2. The van der Waals surface area contributed by atoms with Gasteiger partial charge in [-0.3, -0.25) is 19.2 Å². The van der Waals surface area contributed by atoms with Gasteiger partial charge in [0.05, 0.1) is 31.8 Å². The van der Waals surface area contributed by atoms with Gasteiger partial charge in [-0.05, 0) is 54.8 Å². The van der Waals surface area contributed by atoms with Crippen molar-refractivity contribution in [3.63, 3.8) is 0 Å². The smallest absolute Gasteiger partial charge is 0.329 e. The number of carboxylic acid groups (broad SMARTS) is 1. The molecule has 4 aromatic rings. The minimum Gasteiger partial charge on any atom is -0.497 e. The molecule has 0 saturated heterocycles. The number of hydrogen-bond acceptors (Lipinski definition) is 7. The van der Waals surface area contributed by atoms with Gasteiger partial charge in [0, 0.05) is 11.6 Å². The first-order valence-corrected chi connectivity index (χ1v) is 11.9. The van der Waals surface area contributed by atoms with Crippen LogP contribution in [-0.2, 0) is 22.8 Å². The number of benzene rings is 3. The third-order valence-electron chi connectivity index (χ3n) is 6.31. The third-order valence-corrected chi connectivity index (χ3v) is 6.31. The maximum absolute atomic E-state index is 13.1. The van der Waals surface area contributed by atoms with Crippen molar-refractivity contribution in [2.75, 3.05) is 20.8 Å². The third kappa shape index (κ3) is 5.51. The van der Waals surface area contributed by atoms with Crippen LogP contribution in [0.25, 0.3) is 11.0 Å². The molecule has 38 heavy (non-hydrogen) atoms. The lowest BCUT2D eigenvalue weighted by Crippen LogP contribution is -2.27. The van der Waals surface area contributed by atoms with E-state index in [2.05, 4.69) is 4.89 Å². The molecule has 0 radical (unpaired) electrons. The predicted octanol–water partition coefficient (Wildman–Crippen LogP) is 4.18. The Morgan fingerprint density at radius 3 is 2.03 bits per heavy atom. The topological polar surface area (TPSA) is 121 Å². The van der Waals surface area contributed by atoms with E-state index in [4.69, 9.17) is 14.2 Å². The van der Waals surface area contributed by atoms with Crippen LogP contribution in [0.1, 0.15) is 28.4 Å². The van der Waals surface area contributed by atoms with Gasteiger partial charge in [0.1, 0.15) is 30.4 Å². The second kappa shape index (κ2) is 11.4. The number of nitrogens with zero attached hydrogens (tertiary/aromatic N) is 2. The number of imidazole rings is 1. The van der Waals surface area contributed by atoms with E-state index in [1.54, 1.807) is 55.2 Å². The number of aliphatic carboxylic acids is 1. The van der Waals surface area contributed by atoms with E-state index in [-0.39, 0.29) is 13.2 Å². The number of aromatic nitrogens is 2. The van der Waals surface area contributed by atoms with Gasteiger partial charge in [0.2, 0.25) is 0 Å². The molecule has 10 nitrogen and oxygen atoms in total. The summed E-state index contributed by atoms with van der Waals surface area (Å²) < 4.78 is 19.9. The average molecular weight is 523 g/mol. The van der Waals surface area contributed by atoms with Crippen LogP contribution in [0.2, 0.25) is 0 Å². The Balaban J connectivity index is 1.67. The molecule has 200 valence electrons. The summed E-state index contributed by atoms with van der Waals surface area (Å²) in [4.78, 5) is 28.9. The molecular weight excluding hydrogens is 492 g/mol. The van der Waals surface area contributed by atoms with Gasteiger partial charge >= 0.3 is 11.7 Å². The SMILES string of the molecule is COc1cc(OC)cc(C(COO)Oc2c(C)cc(Cn3c(=O)n(CC(=O)O)c4ccccc43)cc2C)c1. The maximum Gasteiger partial charge on any atom is 0.329 e. The molecule has 1 heterocycles.